The van der Waals surface area contributed by atoms with Crippen molar-refractivity contribution >= 4 is 40.7 Å². The van der Waals surface area contributed by atoms with Crippen LogP contribution < -0.4 is 15.5 Å². The Hall–Kier alpha value is -3.15. The first-order valence-electron chi connectivity index (χ1n) is 12.0. The molecule has 4 aromatic rings. The maximum absolute atomic E-state index is 12.9. The first kappa shape index (κ1) is 23.6. The first-order valence-corrected chi connectivity index (χ1v) is 14.6. The van der Waals surface area contributed by atoms with E-state index in [1.807, 2.05) is 48.1 Å². The number of hydrogen-bond donors (Lipinski definition) is 1. The molecular formula is C27H33N6OP. The van der Waals surface area contributed by atoms with Crippen molar-refractivity contribution in [3.8, 4) is 0 Å². The van der Waals surface area contributed by atoms with Crippen LogP contribution in [0.1, 0.15) is 11.4 Å². The van der Waals surface area contributed by atoms with Gasteiger partial charge in [0.05, 0.1) is 11.2 Å². The lowest BCUT2D eigenvalue weighted by Crippen LogP contribution is -2.44. The second-order valence-corrected chi connectivity index (χ2v) is 13.0. The number of benzene rings is 2. The van der Waals surface area contributed by atoms with E-state index < -0.39 is 7.14 Å². The van der Waals surface area contributed by atoms with Crippen LogP contribution in [-0.4, -0.2) is 66.0 Å². The molecule has 35 heavy (non-hydrogen) atoms. The minimum absolute atomic E-state index is 0.643. The minimum Gasteiger partial charge on any atom is -0.369 e. The summed E-state index contributed by atoms with van der Waals surface area (Å²) in [5.74, 6) is 1.49. The molecule has 7 nitrogen and oxygen atoms in total. The molecule has 182 valence electrons. The summed E-state index contributed by atoms with van der Waals surface area (Å²) in [4.78, 5) is 14.6. The number of rotatable bonds is 6. The predicted molar refractivity (Wildman–Crippen MR) is 146 cm³/mol. The summed E-state index contributed by atoms with van der Waals surface area (Å²) < 4.78 is 14.9. The van der Waals surface area contributed by atoms with Crippen molar-refractivity contribution in [1.82, 2.24) is 19.4 Å². The molecule has 0 aliphatic carbocycles. The van der Waals surface area contributed by atoms with Gasteiger partial charge in [-0.25, -0.2) is 9.97 Å². The number of fused-ring (bicyclic) bond motifs is 1. The third-order valence-electron chi connectivity index (χ3n) is 6.67. The zero-order chi connectivity index (χ0) is 24.6. The highest BCUT2D eigenvalue weighted by atomic mass is 31.2. The fourth-order valence-electron chi connectivity index (χ4n) is 4.66. The highest BCUT2D eigenvalue weighted by Crippen LogP contribution is 2.38. The van der Waals surface area contributed by atoms with Gasteiger partial charge >= 0.3 is 0 Å². The van der Waals surface area contributed by atoms with Gasteiger partial charge in [0.25, 0.3) is 0 Å². The smallest absolute Gasteiger partial charge is 0.158 e. The molecule has 2 aromatic heterocycles. The van der Waals surface area contributed by atoms with Gasteiger partial charge in [-0.05, 0) is 56.3 Å². The number of anilines is 3. The summed E-state index contributed by atoms with van der Waals surface area (Å²) >= 11 is 0. The zero-order valence-corrected chi connectivity index (χ0v) is 21.8. The highest BCUT2D eigenvalue weighted by Gasteiger charge is 2.19. The molecule has 0 spiro atoms. The van der Waals surface area contributed by atoms with Crippen LogP contribution in [0.5, 0.6) is 0 Å². The van der Waals surface area contributed by atoms with Crippen molar-refractivity contribution in [3.63, 3.8) is 0 Å². The van der Waals surface area contributed by atoms with Gasteiger partial charge in [-0.1, -0.05) is 24.3 Å². The van der Waals surface area contributed by atoms with Crippen molar-refractivity contribution in [2.24, 2.45) is 7.05 Å². The Morgan fingerprint density at radius 3 is 2.34 bits per heavy atom. The molecule has 8 heteroatoms. The van der Waals surface area contributed by atoms with E-state index in [4.69, 9.17) is 9.97 Å². The Kier molecular flexibility index (Phi) is 6.39. The maximum Gasteiger partial charge on any atom is 0.158 e. The number of likely N-dealkylation sites (N-methyl/N-ethyl adjacent to an activating group) is 1. The van der Waals surface area contributed by atoms with Gasteiger partial charge in [0, 0.05) is 56.8 Å². The number of para-hydroxylation sites is 1. The van der Waals surface area contributed by atoms with Crippen LogP contribution in [-0.2, 0) is 18.0 Å². The van der Waals surface area contributed by atoms with Crippen LogP contribution >= 0.6 is 7.14 Å². The number of nitrogens with zero attached hydrogens (tertiary/aromatic N) is 5. The van der Waals surface area contributed by atoms with Crippen molar-refractivity contribution in [2.75, 3.05) is 56.8 Å². The van der Waals surface area contributed by atoms with Crippen LogP contribution in [0.15, 0.2) is 60.8 Å². The van der Waals surface area contributed by atoms with E-state index in [0.717, 1.165) is 59.8 Å². The van der Waals surface area contributed by atoms with E-state index in [1.54, 1.807) is 13.3 Å². The fourth-order valence-corrected chi connectivity index (χ4v) is 5.81. The third kappa shape index (κ3) is 5.12. The maximum atomic E-state index is 12.9. The van der Waals surface area contributed by atoms with E-state index in [0.29, 0.717) is 6.42 Å². The topological polar surface area (TPSA) is 66.3 Å². The number of aryl methyl sites for hydroxylation is 1. The molecule has 1 saturated heterocycles. The van der Waals surface area contributed by atoms with Gasteiger partial charge in [-0.2, -0.15) is 0 Å². The van der Waals surface area contributed by atoms with Gasteiger partial charge in [-0.3, -0.25) is 0 Å². The largest absolute Gasteiger partial charge is 0.369 e. The summed E-state index contributed by atoms with van der Waals surface area (Å²) in [6.45, 7) is 7.89. The van der Waals surface area contributed by atoms with Crippen LogP contribution in [0.2, 0.25) is 0 Å². The van der Waals surface area contributed by atoms with Crippen LogP contribution in [0.25, 0.3) is 11.0 Å². The molecule has 0 atom stereocenters. The normalized spacial score (nSPS) is 15.0. The van der Waals surface area contributed by atoms with E-state index in [-0.39, 0.29) is 0 Å². The summed E-state index contributed by atoms with van der Waals surface area (Å²) in [6, 6.07) is 18.5. The average Bonchev–Trinajstić information content (AvgIpc) is 3.20. The number of nitrogens with one attached hydrogen (secondary N) is 1. The lowest BCUT2D eigenvalue weighted by atomic mass is 10.1. The Balaban J connectivity index is 1.43. The fraction of sp³-hybridized carbons (Fsp3) is 0.333. The Morgan fingerprint density at radius 2 is 1.63 bits per heavy atom. The number of hydrogen-bond acceptors (Lipinski definition) is 6. The molecule has 0 radical (unpaired) electrons. The lowest BCUT2D eigenvalue weighted by Gasteiger charge is -2.34. The van der Waals surface area contributed by atoms with Crippen molar-refractivity contribution in [2.45, 2.75) is 6.42 Å². The Bertz CT molecular complexity index is 1380. The molecule has 3 heterocycles. The van der Waals surface area contributed by atoms with E-state index >= 15 is 0 Å². The molecule has 0 bridgehead atoms. The second kappa shape index (κ2) is 9.48. The number of aromatic nitrogens is 3. The Morgan fingerprint density at radius 1 is 0.914 bits per heavy atom. The molecule has 1 aliphatic heterocycles. The van der Waals surface area contributed by atoms with Gasteiger partial charge in [0.1, 0.15) is 18.5 Å². The van der Waals surface area contributed by atoms with E-state index in [1.165, 1.54) is 11.3 Å². The summed E-state index contributed by atoms with van der Waals surface area (Å²) in [6.07, 6.45) is 2.64. The first-order chi connectivity index (χ1) is 16.8. The molecule has 2 aromatic carbocycles. The molecule has 0 amide bonds. The summed E-state index contributed by atoms with van der Waals surface area (Å²) in [5, 5.41) is 4.30. The van der Waals surface area contributed by atoms with E-state index in [2.05, 4.69) is 46.4 Å². The highest BCUT2D eigenvalue weighted by molar-refractivity contribution is 7.70. The lowest BCUT2D eigenvalue weighted by molar-refractivity contribution is 0.313. The third-order valence-corrected chi connectivity index (χ3v) is 8.22. The van der Waals surface area contributed by atoms with Crippen molar-refractivity contribution in [1.29, 1.82) is 0 Å². The van der Waals surface area contributed by atoms with Gasteiger partial charge in [-0.15, -0.1) is 0 Å². The van der Waals surface area contributed by atoms with Crippen LogP contribution in [0.3, 0.4) is 0 Å². The summed E-state index contributed by atoms with van der Waals surface area (Å²) in [7, 11) is 1.71. The minimum atomic E-state index is -2.46. The molecule has 0 unspecified atom stereocenters. The van der Waals surface area contributed by atoms with Crippen molar-refractivity contribution in [3.05, 3.63) is 72.2 Å². The predicted octanol–water partition coefficient (Wildman–Crippen LogP) is 4.30. The molecule has 1 N–H and O–H groups in total. The van der Waals surface area contributed by atoms with Gasteiger partial charge in [0.15, 0.2) is 5.82 Å². The zero-order valence-electron chi connectivity index (χ0n) is 20.9. The van der Waals surface area contributed by atoms with Gasteiger partial charge in [0.2, 0.25) is 0 Å². The monoisotopic (exact) mass is 488 g/mol. The SMILES string of the molecule is CN1CCN(c2ccc(Cc3nc(Nc4ccccc4P(C)(C)=O)c4c(ccn4C)n3)cc2)CC1. The quantitative estimate of drug-likeness (QED) is 0.408. The molecular weight excluding hydrogens is 455 g/mol. The van der Waals surface area contributed by atoms with Crippen LogP contribution in [0.4, 0.5) is 17.2 Å². The second-order valence-electron chi connectivity index (χ2n) is 9.78. The van der Waals surface area contributed by atoms with Crippen LogP contribution in [0, 0.1) is 0 Å². The summed E-state index contributed by atoms with van der Waals surface area (Å²) in [5.41, 5.74) is 5.09. The van der Waals surface area contributed by atoms with Crippen molar-refractivity contribution < 1.29 is 4.57 Å². The number of piperazine rings is 1. The molecule has 1 aliphatic rings. The molecule has 1 fully saturated rings. The average molecular weight is 489 g/mol. The standard InChI is InChI=1S/C27H33N6OP/c1-31-15-17-33(18-16-31)21-11-9-20(10-12-21)19-25-28-23-13-14-32(2)26(23)27(30-25)29-22-7-5-6-8-24(22)35(3,4)34/h5-14H,15-19H2,1-4H3,(H,28,29,30). The molecule has 0 saturated carbocycles. The molecule has 5 rings (SSSR count). The Labute approximate surface area is 207 Å². The van der Waals surface area contributed by atoms with Gasteiger partial charge < -0.3 is 24.2 Å². The van der Waals surface area contributed by atoms with E-state index in [9.17, 15) is 4.57 Å².